The van der Waals surface area contributed by atoms with Crippen LogP contribution in [0.4, 0.5) is 0 Å². The summed E-state index contributed by atoms with van der Waals surface area (Å²) in [6.45, 7) is 4.74. The molecule has 2 heterocycles. The number of hydrogen-bond donors (Lipinski definition) is 0. The van der Waals surface area contributed by atoms with Gasteiger partial charge in [0.1, 0.15) is 5.69 Å². The third kappa shape index (κ3) is 2.00. The Morgan fingerprint density at radius 2 is 2.31 bits per heavy atom. The van der Waals surface area contributed by atoms with Gasteiger partial charge in [-0.05, 0) is 13.8 Å². The van der Waals surface area contributed by atoms with Crippen LogP contribution in [0.1, 0.15) is 36.1 Å². The highest BCUT2D eigenvalue weighted by Crippen LogP contribution is 2.09. The second kappa shape index (κ2) is 4.26. The van der Waals surface area contributed by atoms with E-state index in [0.717, 1.165) is 5.69 Å². The van der Waals surface area contributed by atoms with Gasteiger partial charge in [0.25, 0.3) is 0 Å². The Hall–Kier alpha value is -1.98. The normalized spacial score (nSPS) is 10.9. The standard InChI is InChI=1S/C10H13N5O/c1-8(2)15-7-11-3-10(15)5-14-4-9(6-16)12-13-14/h3-4,6-8H,5H2,1-2H3. The molecule has 0 unspecified atom stereocenters. The first kappa shape index (κ1) is 10.5. The number of aldehydes is 1. The molecule has 84 valence electrons. The average molecular weight is 219 g/mol. The zero-order valence-corrected chi connectivity index (χ0v) is 9.24. The zero-order valence-electron chi connectivity index (χ0n) is 9.24. The predicted octanol–water partition coefficient (Wildman–Crippen LogP) is 0.916. The number of carbonyl (C=O) groups is 1. The Bertz CT molecular complexity index is 485. The fourth-order valence-electron chi connectivity index (χ4n) is 1.53. The van der Waals surface area contributed by atoms with E-state index in [0.29, 0.717) is 24.6 Å². The molecule has 2 aromatic heterocycles. The minimum absolute atomic E-state index is 0.343. The van der Waals surface area contributed by atoms with Crippen molar-refractivity contribution in [2.45, 2.75) is 26.4 Å². The monoisotopic (exact) mass is 219 g/mol. The summed E-state index contributed by atoms with van der Waals surface area (Å²) in [5.41, 5.74) is 1.38. The van der Waals surface area contributed by atoms with E-state index in [1.165, 1.54) is 0 Å². The molecule has 0 aliphatic rings. The minimum Gasteiger partial charge on any atom is -0.330 e. The molecule has 16 heavy (non-hydrogen) atoms. The van der Waals surface area contributed by atoms with Crippen LogP contribution in [-0.4, -0.2) is 30.8 Å². The number of imidazole rings is 1. The maximum absolute atomic E-state index is 10.5. The smallest absolute Gasteiger partial charge is 0.171 e. The Morgan fingerprint density at radius 3 is 2.94 bits per heavy atom. The SMILES string of the molecule is CC(C)n1cncc1Cn1cc(C=O)nn1. The molecular formula is C10H13N5O. The van der Waals surface area contributed by atoms with Crippen molar-refractivity contribution in [3.8, 4) is 0 Å². The molecule has 0 radical (unpaired) electrons. The number of aromatic nitrogens is 5. The molecule has 0 bridgehead atoms. The van der Waals surface area contributed by atoms with Crippen LogP contribution >= 0.6 is 0 Å². The van der Waals surface area contributed by atoms with Gasteiger partial charge in [0, 0.05) is 6.04 Å². The molecule has 0 N–H and O–H groups in total. The Labute approximate surface area is 92.9 Å². The second-order valence-corrected chi connectivity index (χ2v) is 3.84. The van der Waals surface area contributed by atoms with Gasteiger partial charge in [-0.2, -0.15) is 0 Å². The van der Waals surface area contributed by atoms with Gasteiger partial charge in [0.2, 0.25) is 0 Å². The Balaban J connectivity index is 2.20. The molecule has 0 aliphatic carbocycles. The van der Waals surface area contributed by atoms with E-state index >= 15 is 0 Å². The Morgan fingerprint density at radius 1 is 1.50 bits per heavy atom. The van der Waals surface area contributed by atoms with E-state index in [4.69, 9.17) is 0 Å². The van der Waals surface area contributed by atoms with Crippen LogP contribution in [0.3, 0.4) is 0 Å². The highest BCUT2D eigenvalue weighted by Gasteiger charge is 2.07. The van der Waals surface area contributed by atoms with Crippen molar-refractivity contribution in [1.29, 1.82) is 0 Å². The number of rotatable bonds is 4. The molecule has 2 aromatic rings. The van der Waals surface area contributed by atoms with Crippen LogP contribution in [0.5, 0.6) is 0 Å². The summed E-state index contributed by atoms with van der Waals surface area (Å²) in [5, 5.41) is 7.56. The Kier molecular flexibility index (Phi) is 2.80. The van der Waals surface area contributed by atoms with Crippen LogP contribution in [0, 0.1) is 0 Å². The van der Waals surface area contributed by atoms with E-state index in [1.807, 2.05) is 0 Å². The molecule has 0 aliphatic heterocycles. The zero-order chi connectivity index (χ0) is 11.5. The van der Waals surface area contributed by atoms with Crippen molar-refractivity contribution >= 4 is 6.29 Å². The fraction of sp³-hybridized carbons (Fsp3) is 0.400. The largest absolute Gasteiger partial charge is 0.330 e. The molecule has 2 rings (SSSR count). The van der Waals surface area contributed by atoms with Gasteiger partial charge in [-0.25, -0.2) is 9.67 Å². The third-order valence-corrected chi connectivity index (χ3v) is 2.30. The predicted molar refractivity (Wildman–Crippen MR) is 57.1 cm³/mol. The number of carbonyl (C=O) groups excluding carboxylic acids is 1. The molecular weight excluding hydrogens is 206 g/mol. The highest BCUT2D eigenvalue weighted by molar-refractivity contribution is 5.70. The molecule has 0 fully saturated rings. The van der Waals surface area contributed by atoms with Gasteiger partial charge >= 0.3 is 0 Å². The number of hydrogen-bond acceptors (Lipinski definition) is 4. The van der Waals surface area contributed by atoms with Crippen molar-refractivity contribution in [3.05, 3.63) is 30.1 Å². The molecule has 6 heteroatoms. The van der Waals surface area contributed by atoms with Gasteiger partial charge in [-0.1, -0.05) is 5.21 Å². The summed E-state index contributed by atoms with van der Waals surface area (Å²) in [4.78, 5) is 14.6. The quantitative estimate of drug-likeness (QED) is 0.717. The minimum atomic E-state index is 0.343. The van der Waals surface area contributed by atoms with Crippen molar-refractivity contribution in [2.75, 3.05) is 0 Å². The van der Waals surface area contributed by atoms with E-state index < -0.39 is 0 Å². The molecule has 0 atom stereocenters. The van der Waals surface area contributed by atoms with Crippen LogP contribution in [0.2, 0.25) is 0 Å². The first-order valence-corrected chi connectivity index (χ1v) is 5.06. The summed E-state index contributed by atoms with van der Waals surface area (Å²) in [5.74, 6) is 0. The molecule has 0 saturated heterocycles. The van der Waals surface area contributed by atoms with Crippen LogP contribution in [0.15, 0.2) is 18.7 Å². The van der Waals surface area contributed by atoms with Crippen LogP contribution in [0.25, 0.3) is 0 Å². The van der Waals surface area contributed by atoms with Crippen molar-refractivity contribution in [1.82, 2.24) is 24.5 Å². The third-order valence-electron chi connectivity index (χ3n) is 2.30. The fourth-order valence-corrected chi connectivity index (χ4v) is 1.53. The summed E-state index contributed by atoms with van der Waals surface area (Å²) < 4.78 is 3.68. The maximum atomic E-state index is 10.5. The van der Waals surface area contributed by atoms with E-state index in [9.17, 15) is 4.79 Å². The van der Waals surface area contributed by atoms with Gasteiger partial charge < -0.3 is 4.57 Å². The van der Waals surface area contributed by atoms with Gasteiger partial charge in [0.15, 0.2) is 6.29 Å². The summed E-state index contributed by atoms with van der Waals surface area (Å²) >= 11 is 0. The summed E-state index contributed by atoms with van der Waals surface area (Å²) in [6.07, 6.45) is 5.88. The lowest BCUT2D eigenvalue weighted by Crippen LogP contribution is -2.09. The lowest BCUT2D eigenvalue weighted by atomic mass is 10.3. The van der Waals surface area contributed by atoms with E-state index in [-0.39, 0.29) is 0 Å². The molecule has 0 saturated carbocycles. The van der Waals surface area contributed by atoms with Crippen LogP contribution in [-0.2, 0) is 6.54 Å². The maximum Gasteiger partial charge on any atom is 0.171 e. The molecule has 0 aromatic carbocycles. The second-order valence-electron chi connectivity index (χ2n) is 3.84. The van der Waals surface area contributed by atoms with Crippen LogP contribution < -0.4 is 0 Å². The molecule has 6 nitrogen and oxygen atoms in total. The summed E-state index contributed by atoms with van der Waals surface area (Å²) in [7, 11) is 0. The highest BCUT2D eigenvalue weighted by atomic mass is 16.1. The van der Waals surface area contributed by atoms with Gasteiger partial charge in [-0.3, -0.25) is 4.79 Å². The lowest BCUT2D eigenvalue weighted by Gasteiger charge is -2.10. The van der Waals surface area contributed by atoms with E-state index in [2.05, 4.69) is 33.7 Å². The van der Waals surface area contributed by atoms with Crippen molar-refractivity contribution in [2.24, 2.45) is 0 Å². The number of nitrogens with zero attached hydrogens (tertiary/aromatic N) is 5. The lowest BCUT2D eigenvalue weighted by molar-refractivity contribution is 0.111. The average Bonchev–Trinajstić information content (AvgIpc) is 2.87. The summed E-state index contributed by atoms with van der Waals surface area (Å²) in [6, 6.07) is 0.353. The molecule has 0 spiro atoms. The van der Waals surface area contributed by atoms with Crippen molar-refractivity contribution < 1.29 is 4.79 Å². The first-order chi connectivity index (χ1) is 7.70. The van der Waals surface area contributed by atoms with Gasteiger partial charge in [-0.15, -0.1) is 5.10 Å². The van der Waals surface area contributed by atoms with E-state index in [1.54, 1.807) is 23.4 Å². The topological polar surface area (TPSA) is 65.6 Å². The molecule has 0 amide bonds. The van der Waals surface area contributed by atoms with Gasteiger partial charge in [0.05, 0.1) is 31.0 Å². The first-order valence-electron chi connectivity index (χ1n) is 5.06. The van der Waals surface area contributed by atoms with Crippen molar-refractivity contribution in [3.63, 3.8) is 0 Å².